The molecule has 6 heteroatoms. The highest BCUT2D eigenvalue weighted by Gasteiger charge is 2.16. The normalized spacial score (nSPS) is 12.0. The van der Waals surface area contributed by atoms with Gasteiger partial charge in [-0.3, -0.25) is 10.1 Å². The standard InChI is InChI=1S/C21H17N3O3/c1-13-5-3-4-6-16(13)21(22-25)14-7-9-19-17(11-14)18-12-15(24(26)27)8-10-20(18)23(19)2/h3-12,25H,1-2H3/b22-21+. The first-order valence-corrected chi connectivity index (χ1v) is 8.46. The van der Waals surface area contributed by atoms with Gasteiger partial charge in [-0.2, -0.15) is 0 Å². The fourth-order valence-electron chi connectivity index (χ4n) is 3.57. The number of aryl methyl sites for hydroxylation is 2. The predicted octanol–water partition coefficient (Wildman–Crippen LogP) is 4.77. The van der Waals surface area contributed by atoms with E-state index in [1.165, 1.54) is 6.07 Å². The predicted molar refractivity (Wildman–Crippen MR) is 106 cm³/mol. The summed E-state index contributed by atoms with van der Waals surface area (Å²) in [6, 6.07) is 18.3. The van der Waals surface area contributed by atoms with Gasteiger partial charge in [0.15, 0.2) is 0 Å². The molecule has 1 N–H and O–H groups in total. The van der Waals surface area contributed by atoms with Crippen LogP contribution in [0, 0.1) is 17.0 Å². The SMILES string of the molecule is Cc1ccccc1/C(=N/O)c1ccc2c(c1)c1cc([N+](=O)[O-])ccc1n2C. The first-order valence-electron chi connectivity index (χ1n) is 8.46. The maximum absolute atomic E-state index is 11.2. The maximum atomic E-state index is 11.2. The topological polar surface area (TPSA) is 80.7 Å². The lowest BCUT2D eigenvalue weighted by Crippen LogP contribution is -2.05. The van der Waals surface area contributed by atoms with Gasteiger partial charge in [0.25, 0.3) is 5.69 Å². The third-order valence-electron chi connectivity index (χ3n) is 4.97. The zero-order valence-electron chi connectivity index (χ0n) is 14.9. The molecule has 0 saturated heterocycles. The summed E-state index contributed by atoms with van der Waals surface area (Å²) in [6.45, 7) is 1.96. The summed E-state index contributed by atoms with van der Waals surface area (Å²) in [6.07, 6.45) is 0. The van der Waals surface area contributed by atoms with E-state index in [1.54, 1.807) is 12.1 Å². The Bertz CT molecular complexity index is 1240. The molecule has 0 aliphatic carbocycles. The number of fused-ring (bicyclic) bond motifs is 3. The number of nitro groups is 1. The maximum Gasteiger partial charge on any atom is 0.270 e. The van der Waals surface area contributed by atoms with Gasteiger partial charge >= 0.3 is 0 Å². The van der Waals surface area contributed by atoms with Crippen LogP contribution >= 0.6 is 0 Å². The molecule has 0 fully saturated rings. The molecule has 6 nitrogen and oxygen atoms in total. The van der Waals surface area contributed by atoms with Crippen molar-refractivity contribution in [3.63, 3.8) is 0 Å². The Kier molecular flexibility index (Phi) is 3.88. The van der Waals surface area contributed by atoms with Gasteiger partial charge in [0.2, 0.25) is 0 Å². The van der Waals surface area contributed by atoms with Crippen LogP contribution in [0.25, 0.3) is 21.8 Å². The van der Waals surface area contributed by atoms with Gasteiger partial charge in [0.05, 0.1) is 4.92 Å². The molecule has 1 heterocycles. The quantitative estimate of drug-likeness (QED) is 0.247. The summed E-state index contributed by atoms with van der Waals surface area (Å²) >= 11 is 0. The molecule has 0 amide bonds. The number of aromatic nitrogens is 1. The van der Waals surface area contributed by atoms with Gasteiger partial charge in [0.1, 0.15) is 5.71 Å². The van der Waals surface area contributed by atoms with Crippen molar-refractivity contribution in [1.82, 2.24) is 4.57 Å². The molecule has 0 aliphatic rings. The largest absolute Gasteiger partial charge is 0.410 e. The molecule has 0 aliphatic heterocycles. The van der Waals surface area contributed by atoms with Gasteiger partial charge in [0, 0.05) is 52.1 Å². The number of hydrogen-bond acceptors (Lipinski definition) is 4. The van der Waals surface area contributed by atoms with Gasteiger partial charge in [-0.25, -0.2) is 0 Å². The number of oxime groups is 1. The van der Waals surface area contributed by atoms with E-state index in [9.17, 15) is 15.3 Å². The van der Waals surface area contributed by atoms with Crippen molar-refractivity contribution in [1.29, 1.82) is 0 Å². The van der Waals surface area contributed by atoms with Crippen LogP contribution < -0.4 is 0 Å². The Balaban J connectivity index is 1.98. The average Bonchev–Trinajstić information content (AvgIpc) is 2.95. The number of benzene rings is 3. The first-order chi connectivity index (χ1) is 13.0. The van der Waals surface area contributed by atoms with Crippen molar-refractivity contribution < 1.29 is 10.1 Å². The molecule has 0 unspecified atom stereocenters. The minimum atomic E-state index is -0.393. The van der Waals surface area contributed by atoms with E-state index in [4.69, 9.17) is 0 Å². The van der Waals surface area contributed by atoms with Crippen LogP contribution in [-0.2, 0) is 7.05 Å². The zero-order valence-corrected chi connectivity index (χ0v) is 14.9. The molecule has 134 valence electrons. The van der Waals surface area contributed by atoms with Crippen molar-refractivity contribution in [3.8, 4) is 0 Å². The second kappa shape index (κ2) is 6.25. The molecular formula is C21H17N3O3. The highest BCUT2D eigenvalue weighted by molar-refractivity contribution is 6.17. The summed E-state index contributed by atoms with van der Waals surface area (Å²) < 4.78 is 2.00. The number of nitro benzene ring substituents is 1. The lowest BCUT2D eigenvalue weighted by molar-refractivity contribution is -0.384. The van der Waals surface area contributed by atoms with Crippen molar-refractivity contribution in [2.45, 2.75) is 6.92 Å². The molecule has 0 saturated carbocycles. The smallest absolute Gasteiger partial charge is 0.270 e. The number of hydrogen-bond donors (Lipinski definition) is 1. The van der Waals surface area contributed by atoms with Crippen LogP contribution in [0.15, 0.2) is 65.8 Å². The molecule has 4 rings (SSSR count). The minimum Gasteiger partial charge on any atom is -0.410 e. The van der Waals surface area contributed by atoms with E-state index in [0.29, 0.717) is 5.71 Å². The summed E-state index contributed by atoms with van der Waals surface area (Å²) in [4.78, 5) is 10.8. The molecule has 0 spiro atoms. The molecule has 0 atom stereocenters. The summed E-state index contributed by atoms with van der Waals surface area (Å²) in [5.41, 5.74) is 4.97. The van der Waals surface area contributed by atoms with Crippen molar-refractivity contribution in [2.24, 2.45) is 12.2 Å². The Hall–Kier alpha value is -3.67. The van der Waals surface area contributed by atoms with Crippen molar-refractivity contribution >= 4 is 33.2 Å². The summed E-state index contributed by atoms with van der Waals surface area (Å²) in [7, 11) is 1.93. The summed E-state index contributed by atoms with van der Waals surface area (Å²) in [5.74, 6) is 0. The lowest BCUT2D eigenvalue weighted by Gasteiger charge is -2.08. The molecule has 4 aromatic rings. The first kappa shape index (κ1) is 16.8. The molecule has 0 radical (unpaired) electrons. The van der Waals surface area contributed by atoms with Crippen LogP contribution in [-0.4, -0.2) is 20.4 Å². The second-order valence-corrected chi connectivity index (χ2v) is 6.51. The van der Waals surface area contributed by atoms with Gasteiger partial charge in [-0.05, 0) is 30.7 Å². The highest BCUT2D eigenvalue weighted by atomic mass is 16.6. The highest BCUT2D eigenvalue weighted by Crippen LogP contribution is 2.32. The van der Waals surface area contributed by atoms with E-state index >= 15 is 0 Å². The molecular weight excluding hydrogens is 342 g/mol. The Morgan fingerprint density at radius 1 is 1.04 bits per heavy atom. The molecule has 3 aromatic carbocycles. The molecule has 27 heavy (non-hydrogen) atoms. The van der Waals surface area contributed by atoms with Gasteiger partial charge < -0.3 is 9.77 Å². The Morgan fingerprint density at radius 2 is 1.70 bits per heavy atom. The van der Waals surface area contributed by atoms with Crippen molar-refractivity contribution in [3.05, 3.63) is 87.5 Å². The third kappa shape index (κ3) is 2.62. The van der Waals surface area contributed by atoms with E-state index in [2.05, 4.69) is 5.16 Å². The monoisotopic (exact) mass is 359 g/mol. The fraction of sp³-hybridized carbons (Fsp3) is 0.0952. The van der Waals surface area contributed by atoms with Crippen LogP contribution in [0.5, 0.6) is 0 Å². The number of nitrogens with zero attached hydrogens (tertiary/aromatic N) is 3. The second-order valence-electron chi connectivity index (χ2n) is 6.51. The van der Waals surface area contributed by atoms with Crippen LogP contribution in [0.3, 0.4) is 0 Å². The zero-order chi connectivity index (χ0) is 19.1. The number of rotatable bonds is 3. The average molecular weight is 359 g/mol. The van der Waals surface area contributed by atoms with E-state index < -0.39 is 4.92 Å². The Morgan fingerprint density at radius 3 is 2.37 bits per heavy atom. The molecule has 0 bridgehead atoms. The van der Waals surface area contributed by atoms with Crippen LogP contribution in [0.2, 0.25) is 0 Å². The lowest BCUT2D eigenvalue weighted by atomic mass is 9.97. The van der Waals surface area contributed by atoms with Crippen LogP contribution in [0.1, 0.15) is 16.7 Å². The van der Waals surface area contributed by atoms with Gasteiger partial charge in [-0.1, -0.05) is 35.5 Å². The third-order valence-corrected chi connectivity index (χ3v) is 4.97. The van der Waals surface area contributed by atoms with Gasteiger partial charge in [-0.15, -0.1) is 0 Å². The summed E-state index contributed by atoms with van der Waals surface area (Å²) in [5, 5.41) is 26.0. The van der Waals surface area contributed by atoms with E-state index in [0.717, 1.165) is 38.5 Å². The van der Waals surface area contributed by atoms with Crippen LogP contribution in [0.4, 0.5) is 5.69 Å². The Labute approximate surface area is 155 Å². The van der Waals surface area contributed by atoms with E-state index in [-0.39, 0.29) is 5.69 Å². The fourth-order valence-corrected chi connectivity index (χ4v) is 3.57. The van der Waals surface area contributed by atoms with E-state index in [1.807, 2.05) is 61.0 Å². The van der Waals surface area contributed by atoms with Crippen molar-refractivity contribution in [2.75, 3.05) is 0 Å². The minimum absolute atomic E-state index is 0.0513. The molecule has 1 aromatic heterocycles. The number of non-ortho nitro benzene ring substituents is 1.